The highest BCUT2D eigenvalue weighted by Crippen LogP contribution is 2.62. The number of aromatic nitrogens is 5. The molecule has 7 rings (SSSR count). The van der Waals surface area contributed by atoms with Crippen LogP contribution in [0.4, 0.5) is 0 Å². The predicted molar refractivity (Wildman–Crippen MR) is 184 cm³/mol. The molecule has 49 heavy (non-hydrogen) atoms. The summed E-state index contributed by atoms with van der Waals surface area (Å²) in [5.41, 5.74) is 5.84. The van der Waals surface area contributed by atoms with Crippen LogP contribution in [-0.4, -0.2) is 71.5 Å². The minimum absolute atomic E-state index is 0.0357. The lowest BCUT2D eigenvalue weighted by atomic mass is 9.90. The van der Waals surface area contributed by atoms with E-state index in [4.69, 9.17) is 5.10 Å². The van der Waals surface area contributed by atoms with Gasteiger partial charge in [0.15, 0.2) is 11.6 Å². The van der Waals surface area contributed by atoms with Gasteiger partial charge in [0.2, 0.25) is 5.91 Å². The average Bonchev–Trinajstić information content (AvgIpc) is 3.48. The summed E-state index contributed by atoms with van der Waals surface area (Å²) in [4.78, 5) is 69.7. The van der Waals surface area contributed by atoms with Crippen LogP contribution in [0.1, 0.15) is 90.7 Å². The van der Waals surface area contributed by atoms with E-state index in [1.165, 1.54) is 6.92 Å². The van der Waals surface area contributed by atoms with E-state index in [9.17, 15) is 19.2 Å². The maximum Gasteiger partial charge on any atom is 0.245 e. The van der Waals surface area contributed by atoms with Gasteiger partial charge in [-0.25, -0.2) is 9.97 Å². The van der Waals surface area contributed by atoms with Crippen LogP contribution in [-0.2, 0) is 33.9 Å². The first-order valence-electron chi connectivity index (χ1n) is 17.4. The molecule has 1 saturated carbocycles. The number of amides is 1. The fourth-order valence-electron chi connectivity index (χ4n) is 7.91. The fraction of sp³-hybridized carbons (Fsp3) is 0.474. The molecule has 2 bridgehead atoms. The van der Waals surface area contributed by atoms with Crippen molar-refractivity contribution in [2.75, 3.05) is 6.54 Å². The number of hydrogen-bond donors (Lipinski definition) is 1. The highest BCUT2D eigenvalue weighted by molar-refractivity contribution is 6.07. The van der Waals surface area contributed by atoms with Gasteiger partial charge < -0.3 is 10.2 Å². The first-order valence-corrected chi connectivity index (χ1v) is 17.4. The Morgan fingerprint density at radius 3 is 2.57 bits per heavy atom. The number of benzene rings is 1. The van der Waals surface area contributed by atoms with E-state index in [1.54, 1.807) is 22.0 Å². The molecule has 1 aliphatic carbocycles. The number of carbonyl (C=O) groups excluding carboxylic acids is 4. The smallest absolute Gasteiger partial charge is 0.245 e. The van der Waals surface area contributed by atoms with E-state index in [-0.39, 0.29) is 47.7 Å². The zero-order valence-corrected chi connectivity index (χ0v) is 28.7. The summed E-state index contributed by atoms with van der Waals surface area (Å²) >= 11 is 0. The van der Waals surface area contributed by atoms with Crippen molar-refractivity contribution in [3.8, 4) is 11.1 Å². The van der Waals surface area contributed by atoms with Crippen LogP contribution >= 0.6 is 0 Å². The van der Waals surface area contributed by atoms with E-state index in [1.807, 2.05) is 45.0 Å². The van der Waals surface area contributed by atoms with Gasteiger partial charge in [-0.1, -0.05) is 6.07 Å². The van der Waals surface area contributed by atoms with Gasteiger partial charge in [0.05, 0.1) is 23.7 Å². The molecular weight excluding hydrogens is 618 g/mol. The molecule has 1 aromatic carbocycles. The third-order valence-corrected chi connectivity index (χ3v) is 10.7. The van der Waals surface area contributed by atoms with Crippen LogP contribution in [0.2, 0.25) is 0 Å². The number of ketones is 3. The summed E-state index contributed by atoms with van der Waals surface area (Å²) in [5, 5.41) is 8.92. The number of nitrogens with one attached hydrogen (secondary N) is 1. The molecule has 2 fully saturated rings. The van der Waals surface area contributed by atoms with Crippen LogP contribution in [0.25, 0.3) is 22.0 Å². The zero-order chi connectivity index (χ0) is 34.4. The molecule has 3 aliphatic rings. The molecule has 1 saturated heterocycles. The van der Waals surface area contributed by atoms with Gasteiger partial charge in [-0.2, -0.15) is 5.10 Å². The Morgan fingerprint density at radius 2 is 1.80 bits per heavy atom. The lowest BCUT2D eigenvalue weighted by molar-refractivity contribution is -0.139. The van der Waals surface area contributed by atoms with Crippen molar-refractivity contribution in [3.63, 3.8) is 0 Å². The number of hydrogen-bond acceptors (Lipinski definition) is 9. The second kappa shape index (κ2) is 13.0. The van der Waals surface area contributed by atoms with Gasteiger partial charge in [0.25, 0.3) is 0 Å². The molecule has 0 unspecified atom stereocenters. The molecule has 5 heterocycles. The fourth-order valence-corrected chi connectivity index (χ4v) is 7.91. The Morgan fingerprint density at radius 1 is 1.00 bits per heavy atom. The molecular formula is C38H43N7O4. The second-order valence-corrected chi connectivity index (χ2v) is 14.2. The highest BCUT2D eigenvalue weighted by atomic mass is 16.2. The van der Waals surface area contributed by atoms with Gasteiger partial charge in [-0.3, -0.25) is 28.8 Å². The summed E-state index contributed by atoms with van der Waals surface area (Å²) in [6.45, 7) is 8.26. The number of nitrogens with zero attached hydrogens (tertiary/aromatic N) is 6. The largest absolute Gasteiger partial charge is 0.327 e. The summed E-state index contributed by atoms with van der Waals surface area (Å²) in [7, 11) is 0. The minimum atomic E-state index is -0.606. The van der Waals surface area contributed by atoms with Crippen molar-refractivity contribution < 1.29 is 19.2 Å². The number of Topliss-reactive ketones (excluding diaryl/α,β-unsaturated/α-hetero) is 3. The molecule has 4 aromatic rings. The number of rotatable bonds is 5. The lowest BCUT2D eigenvalue weighted by Gasteiger charge is -2.27. The van der Waals surface area contributed by atoms with Crippen molar-refractivity contribution in [1.82, 2.24) is 34.9 Å². The second-order valence-electron chi connectivity index (χ2n) is 14.2. The summed E-state index contributed by atoms with van der Waals surface area (Å²) in [5.74, 6) is 0.459. The topological polar surface area (TPSA) is 140 Å². The molecule has 0 radical (unpaired) electrons. The highest BCUT2D eigenvalue weighted by Gasteiger charge is 2.66. The minimum Gasteiger partial charge on any atom is -0.327 e. The molecule has 254 valence electrons. The average molecular weight is 662 g/mol. The van der Waals surface area contributed by atoms with E-state index >= 15 is 0 Å². The zero-order valence-electron chi connectivity index (χ0n) is 28.7. The van der Waals surface area contributed by atoms with Gasteiger partial charge in [-0.15, -0.1) is 0 Å². The van der Waals surface area contributed by atoms with Gasteiger partial charge in [0.1, 0.15) is 23.8 Å². The molecule has 3 aromatic heterocycles. The van der Waals surface area contributed by atoms with E-state index < -0.39 is 6.04 Å². The number of aryl methyl sites for hydroxylation is 3. The van der Waals surface area contributed by atoms with Crippen molar-refractivity contribution in [2.24, 2.45) is 5.41 Å². The van der Waals surface area contributed by atoms with Crippen LogP contribution in [0.15, 0.2) is 36.7 Å². The standard InChI is InChI=1S/C38H43N7O4/c1-22-8-9-23(2)42-31(22)15-33(48)32-16-38-11-10-29(47)7-5-6-12-39-18-27-13-26(28-19-40-25(4)41-20-28)14-30-36(24(3)46)43-44(37(27)30)21-35(49)45(32)34(38)17-38/h8-9,13-14,19-20,32,34,39H,5-7,10-12,15-18,21H2,1-4H3/t32-,34+,38-/m0/s1. The Balaban J connectivity index is 1.29. The molecule has 2 aliphatic heterocycles. The monoisotopic (exact) mass is 661 g/mol. The van der Waals surface area contributed by atoms with Crippen molar-refractivity contribution in [2.45, 2.75) is 104 Å². The first kappa shape index (κ1) is 32.9. The van der Waals surface area contributed by atoms with E-state index in [0.29, 0.717) is 54.6 Å². The number of carbonyl (C=O) groups is 4. The van der Waals surface area contributed by atoms with Crippen LogP contribution in [0, 0.1) is 26.2 Å². The number of pyridine rings is 1. The summed E-state index contributed by atoms with van der Waals surface area (Å²) in [6, 6.07) is 7.16. The maximum absolute atomic E-state index is 14.5. The Bertz CT molecular complexity index is 1980. The normalized spacial score (nSPS) is 23.0. The first-order chi connectivity index (χ1) is 23.5. The number of piperidine rings is 1. The molecule has 1 N–H and O–H groups in total. The Kier molecular flexibility index (Phi) is 8.73. The third-order valence-electron chi connectivity index (χ3n) is 10.7. The Hall–Kier alpha value is -4.64. The Labute approximate surface area is 285 Å². The van der Waals surface area contributed by atoms with E-state index in [2.05, 4.69) is 20.3 Å². The third kappa shape index (κ3) is 6.44. The molecule has 11 nitrogen and oxygen atoms in total. The molecule has 0 spiro atoms. The van der Waals surface area contributed by atoms with Crippen LogP contribution < -0.4 is 5.32 Å². The quantitative estimate of drug-likeness (QED) is 0.299. The summed E-state index contributed by atoms with van der Waals surface area (Å²) in [6.07, 6.45) is 8.31. The van der Waals surface area contributed by atoms with Crippen molar-refractivity contribution >= 4 is 34.2 Å². The van der Waals surface area contributed by atoms with Gasteiger partial charge >= 0.3 is 0 Å². The molecule has 1 amide bonds. The summed E-state index contributed by atoms with van der Waals surface area (Å²) < 4.78 is 1.65. The van der Waals surface area contributed by atoms with Crippen molar-refractivity contribution in [3.05, 3.63) is 70.7 Å². The van der Waals surface area contributed by atoms with Gasteiger partial charge in [-0.05, 0) is 99.7 Å². The van der Waals surface area contributed by atoms with Gasteiger partial charge in [0, 0.05) is 61.4 Å². The SMILES string of the molecule is CC(=O)c1nn2c3c(cc(-c4cnc(C)nc4)cc13)CNCCCCC(=O)CC[C@@]13C[C@@H](C(=O)Cc4nc(C)ccc4C)N(C(=O)C2)[C@@H]1C3. The van der Waals surface area contributed by atoms with Crippen LogP contribution in [0.5, 0.6) is 0 Å². The maximum atomic E-state index is 14.5. The predicted octanol–water partition coefficient (Wildman–Crippen LogP) is 4.81. The molecule has 11 heteroatoms. The van der Waals surface area contributed by atoms with Crippen LogP contribution in [0.3, 0.4) is 0 Å². The molecule has 3 atom stereocenters. The van der Waals surface area contributed by atoms with E-state index in [0.717, 1.165) is 59.4 Å². The van der Waals surface area contributed by atoms with Crippen molar-refractivity contribution in [1.29, 1.82) is 0 Å². The lowest BCUT2D eigenvalue weighted by Crippen LogP contribution is -2.45.